The molecule has 0 bridgehead atoms. The number of fused-ring (bicyclic) bond motifs is 1. The summed E-state index contributed by atoms with van der Waals surface area (Å²) in [6.45, 7) is 3.79. The molecule has 0 unspecified atom stereocenters. The maximum absolute atomic E-state index is 14.7. The maximum atomic E-state index is 14.7. The fourth-order valence-electron chi connectivity index (χ4n) is 5.26. The van der Waals surface area contributed by atoms with Gasteiger partial charge in [-0.05, 0) is 60.9 Å². The summed E-state index contributed by atoms with van der Waals surface area (Å²) >= 11 is 12.8. The van der Waals surface area contributed by atoms with Gasteiger partial charge < -0.3 is 19.7 Å². The summed E-state index contributed by atoms with van der Waals surface area (Å²) in [4.78, 5) is 30.1. The van der Waals surface area contributed by atoms with Crippen molar-refractivity contribution >= 4 is 50.7 Å². The lowest BCUT2D eigenvalue weighted by molar-refractivity contribution is -0.140. The Kier molecular flexibility index (Phi) is 11.5. The maximum Gasteiger partial charge on any atom is 0.264 e. The molecule has 9 nitrogen and oxygen atoms in total. The van der Waals surface area contributed by atoms with Crippen LogP contribution in [0.2, 0.25) is 10.0 Å². The Hall–Kier alpha value is -4.25. The number of nitrogens with zero attached hydrogens (tertiary/aromatic N) is 2. The van der Waals surface area contributed by atoms with Crippen LogP contribution in [0.4, 0.5) is 5.69 Å². The molecular weight excluding hydrogens is 673 g/mol. The lowest BCUT2D eigenvalue weighted by Gasteiger charge is -2.34. The summed E-state index contributed by atoms with van der Waals surface area (Å²) in [5.74, 6) is -0.157. The van der Waals surface area contributed by atoms with Crippen LogP contribution in [0.25, 0.3) is 0 Å². The Morgan fingerprint density at radius 2 is 1.54 bits per heavy atom. The summed E-state index contributed by atoms with van der Waals surface area (Å²) in [7, 11) is -4.28. The van der Waals surface area contributed by atoms with Gasteiger partial charge in [0.2, 0.25) is 11.8 Å². The summed E-state index contributed by atoms with van der Waals surface area (Å²) < 4.78 is 41.0. The van der Waals surface area contributed by atoms with Gasteiger partial charge >= 0.3 is 0 Å². The topological polar surface area (TPSA) is 105 Å². The number of carbonyl (C=O) groups is 2. The van der Waals surface area contributed by atoms with Crippen molar-refractivity contribution in [3.8, 4) is 11.5 Å². The molecule has 0 saturated heterocycles. The first-order chi connectivity index (χ1) is 23.1. The third kappa shape index (κ3) is 8.42. The molecule has 2 amide bonds. The van der Waals surface area contributed by atoms with E-state index < -0.39 is 28.5 Å². The molecule has 0 fully saturated rings. The van der Waals surface area contributed by atoms with Gasteiger partial charge in [-0.2, -0.15) is 0 Å². The Morgan fingerprint density at radius 3 is 2.21 bits per heavy atom. The molecule has 48 heavy (non-hydrogen) atoms. The Labute approximate surface area is 291 Å². The highest BCUT2D eigenvalue weighted by molar-refractivity contribution is 7.92. The third-order valence-electron chi connectivity index (χ3n) is 8.05. The first-order valence-electron chi connectivity index (χ1n) is 15.6. The Balaban J connectivity index is 1.60. The summed E-state index contributed by atoms with van der Waals surface area (Å²) in [6, 6.07) is 25.7. The van der Waals surface area contributed by atoms with Crippen molar-refractivity contribution < 1.29 is 27.5 Å². The van der Waals surface area contributed by atoms with Crippen molar-refractivity contribution in [2.75, 3.05) is 24.1 Å². The number of halogens is 2. The minimum atomic E-state index is -4.28. The predicted octanol–water partition coefficient (Wildman–Crippen LogP) is 6.51. The number of anilines is 1. The second kappa shape index (κ2) is 15.8. The van der Waals surface area contributed by atoms with Gasteiger partial charge in [-0.15, -0.1) is 0 Å². The van der Waals surface area contributed by atoms with Crippen molar-refractivity contribution in [1.29, 1.82) is 0 Å². The minimum Gasteiger partial charge on any atom is -0.486 e. The highest BCUT2D eigenvalue weighted by Gasteiger charge is 2.35. The van der Waals surface area contributed by atoms with Crippen LogP contribution in [0.3, 0.4) is 0 Å². The van der Waals surface area contributed by atoms with E-state index in [0.29, 0.717) is 46.7 Å². The summed E-state index contributed by atoms with van der Waals surface area (Å²) in [6.07, 6.45) is 0.851. The molecule has 2 atom stereocenters. The van der Waals surface area contributed by atoms with Gasteiger partial charge in [0.15, 0.2) is 11.5 Å². The zero-order valence-electron chi connectivity index (χ0n) is 26.6. The SMILES string of the molecule is CC[C@H](C)NC(=O)[C@H](Cc1ccccc1)N(Cc1ccc(Cl)cc1Cl)C(=O)CN(c1ccc2c(c1)OCCO2)S(=O)(=O)c1ccccc1. The smallest absolute Gasteiger partial charge is 0.264 e. The molecule has 252 valence electrons. The molecule has 1 aliphatic heterocycles. The van der Waals surface area contributed by atoms with Crippen LogP contribution in [0, 0.1) is 0 Å². The molecule has 5 rings (SSSR count). The van der Waals surface area contributed by atoms with Crippen molar-refractivity contribution in [3.05, 3.63) is 118 Å². The van der Waals surface area contributed by atoms with Crippen molar-refractivity contribution in [1.82, 2.24) is 10.2 Å². The van der Waals surface area contributed by atoms with E-state index in [1.165, 1.54) is 17.0 Å². The number of amides is 2. The number of ether oxygens (including phenoxy) is 2. The van der Waals surface area contributed by atoms with Gasteiger partial charge in [-0.25, -0.2) is 8.42 Å². The van der Waals surface area contributed by atoms with E-state index >= 15 is 0 Å². The van der Waals surface area contributed by atoms with E-state index in [2.05, 4.69) is 5.32 Å². The van der Waals surface area contributed by atoms with Gasteiger partial charge in [-0.1, -0.05) is 84.7 Å². The molecule has 1 N–H and O–H groups in total. The Bertz CT molecular complexity index is 1840. The zero-order valence-corrected chi connectivity index (χ0v) is 29.0. The molecule has 4 aromatic carbocycles. The number of nitrogens with one attached hydrogen (secondary N) is 1. The molecule has 1 heterocycles. The lowest BCUT2D eigenvalue weighted by atomic mass is 10.0. The number of sulfonamides is 1. The molecule has 0 saturated carbocycles. The molecule has 0 aromatic heterocycles. The third-order valence-corrected chi connectivity index (χ3v) is 10.4. The van der Waals surface area contributed by atoms with E-state index in [0.717, 1.165) is 9.87 Å². The normalized spacial score (nSPS) is 13.7. The van der Waals surface area contributed by atoms with E-state index in [-0.39, 0.29) is 35.5 Å². The largest absolute Gasteiger partial charge is 0.486 e. The lowest BCUT2D eigenvalue weighted by Crippen LogP contribution is -2.54. The highest BCUT2D eigenvalue weighted by atomic mass is 35.5. The van der Waals surface area contributed by atoms with Gasteiger partial charge in [0.25, 0.3) is 10.0 Å². The average molecular weight is 711 g/mol. The number of hydrogen-bond donors (Lipinski definition) is 1. The van der Waals surface area contributed by atoms with Crippen molar-refractivity contribution in [3.63, 3.8) is 0 Å². The second-order valence-electron chi connectivity index (χ2n) is 11.4. The molecule has 12 heteroatoms. The number of hydrogen-bond acceptors (Lipinski definition) is 6. The predicted molar refractivity (Wildman–Crippen MR) is 187 cm³/mol. The van der Waals surface area contributed by atoms with Crippen LogP contribution in [0.15, 0.2) is 102 Å². The van der Waals surface area contributed by atoms with Crippen LogP contribution < -0.4 is 19.1 Å². The van der Waals surface area contributed by atoms with Gasteiger partial charge in [0.05, 0.1) is 10.6 Å². The quantitative estimate of drug-likeness (QED) is 0.170. The first-order valence-corrected chi connectivity index (χ1v) is 17.8. The molecular formula is C36H37Cl2N3O6S. The number of rotatable bonds is 13. The number of carbonyl (C=O) groups excluding carboxylic acids is 2. The fourth-order valence-corrected chi connectivity index (χ4v) is 7.16. The van der Waals surface area contributed by atoms with Crippen LogP contribution in [-0.4, -0.2) is 57.0 Å². The van der Waals surface area contributed by atoms with Crippen LogP contribution >= 0.6 is 23.2 Å². The Morgan fingerprint density at radius 1 is 0.875 bits per heavy atom. The van der Waals surface area contributed by atoms with Gasteiger partial charge in [0, 0.05) is 35.1 Å². The van der Waals surface area contributed by atoms with Crippen molar-refractivity contribution in [2.45, 2.75) is 50.2 Å². The number of benzene rings is 4. The zero-order chi connectivity index (χ0) is 34.3. The van der Waals surface area contributed by atoms with Crippen molar-refractivity contribution in [2.24, 2.45) is 0 Å². The molecule has 0 aliphatic carbocycles. The van der Waals surface area contributed by atoms with E-state index in [9.17, 15) is 18.0 Å². The second-order valence-corrected chi connectivity index (χ2v) is 14.1. The average Bonchev–Trinajstić information content (AvgIpc) is 3.09. The monoisotopic (exact) mass is 709 g/mol. The van der Waals surface area contributed by atoms with Gasteiger partial charge in [-0.3, -0.25) is 13.9 Å². The van der Waals surface area contributed by atoms with Gasteiger partial charge in [0.1, 0.15) is 25.8 Å². The first kappa shape index (κ1) is 35.1. The van der Waals surface area contributed by atoms with E-state index in [4.69, 9.17) is 32.7 Å². The molecule has 0 radical (unpaired) electrons. The molecule has 4 aromatic rings. The minimum absolute atomic E-state index is 0.00432. The van der Waals surface area contributed by atoms with Crippen LogP contribution in [-0.2, 0) is 32.6 Å². The van der Waals surface area contributed by atoms with Crippen LogP contribution in [0.1, 0.15) is 31.4 Å². The molecule has 0 spiro atoms. The highest BCUT2D eigenvalue weighted by Crippen LogP contribution is 2.36. The molecule has 1 aliphatic rings. The van der Waals surface area contributed by atoms with E-state index in [1.54, 1.807) is 54.6 Å². The van der Waals surface area contributed by atoms with Crippen LogP contribution in [0.5, 0.6) is 11.5 Å². The fraction of sp³-hybridized carbons (Fsp3) is 0.278. The standard InChI is InChI=1S/C36H37Cl2N3O6S/c1-3-25(2)39-36(43)32(20-26-10-6-4-7-11-26)40(23-27-14-15-28(37)21-31(27)38)35(42)24-41(48(44,45)30-12-8-5-9-13-30)29-16-17-33-34(22-29)47-19-18-46-33/h4-17,21-22,25,32H,3,18-20,23-24H2,1-2H3,(H,39,43)/t25-,32-/m0/s1. The summed E-state index contributed by atoms with van der Waals surface area (Å²) in [5.41, 5.74) is 1.56. The summed E-state index contributed by atoms with van der Waals surface area (Å²) in [5, 5.41) is 3.74. The van der Waals surface area contributed by atoms with E-state index in [1.807, 2.05) is 44.2 Å².